The smallest absolute Gasteiger partial charge is 0.119 e. The molecule has 0 radical (unpaired) electrons. The zero-order valence-electron chi connectivity index (χ0n) is 11.6. The summed E-state index contributed by atoms with van der Waals surface area (Å²) in [5, 5.41) is 3.54. The molecule has 0 saturated heterocycles. The number of rotatable bonds is 4. The molecule has 0 unspecified atom stereocenters. The fourth-order valence-corrected chi connectivity index (χ4v) is 2.56. The Bertz CT molecular complexity index is 480. The molecule has 1 aliphatic carbocycles. The van der Waals surface area contributed by atoms with E-state index in [2.05, 4.69) is 47.3 Å². The Balaban J connectivity index is 0.00000133. The number of aliphatic imine (C=N–C) groups is 1. The number of aryl methyl sites for hydroxylation is 1. The summed E-state index contributed by atoms with van der Waals surface area (Å²) < 4.78 is 0. The molecule has 3 rings (SSSR count). The van der Waals surface area contributed by atoms with Crippen LogP contribution < -0.4 is 5.32 Å². The van der Waals surface area contributed by atoms with Crippen LogP contribution in [0.2, 0.25) is 0 Å². The molecule has 1 saturated carbocycles. The van der Waals surface area contributed by atoms with Crippen molar-refractivity contribution in [1.82, 2.24) is 4.90 Å². The van der Waals surface area contributed by atoms with E-state index in [-0.39, 0.29) is 12.4 Å². The van der Waals surface area contributed by atoms with Crippen LogP contribution >= 0.6 is 12.4 Å². The molecule has 1 aromatic carbocycles. The largest absolute Gasteiger partial charge is 0.378 e. The van der Waals surface area contributed by atoms with Crippen LogP contribution in [0.5, 0.6) is 0 Å². The third-order valence-electron chi connectivity index (χ3n) is 4.00. The highest BCUT2D eigenvalue weighted by atomic mass is 35.5. The van der Waals surface area contributed by atoms with Crippen LogP contribution in [0.15, 0.2) is 23.2 Å². The Labute approximate surface area is 121 Å². The van der Waals surface area contributed by atoms with Crippen molar-refractivity contribution in [2.75, 3.05) is 25.0 Å². The lowest BCUT2D eigenvalue weighted by Crippen LogP contribution is -2.34. The minimum absolute atomic E-state index is 0. The molecule has 19 heavy (non-hydrogen) atoms. The van der Waals surface area contributed by atoms with Crippen molar-refractivity contribution in [3.05, 3.63) is 29.3 Å². The summed E-state index contributed by atoms with van der Waals surface area (Å²) in [4.78, 5) is 7.11. The Morgan fingerprint density at radius 3 is 2.84 bits per heavy atom. The molecule has 1 aromatic rings. The summed E-state index contributed by atoms with van der Waals surface area (Å²) in [5.41, 5.74) is 3.92. The first kappa shape index (κ1) is 14.2. The fourth-order valence-electron chi connectivity index (χ4n) is 2.56. The SMILES string of the molecule is Cc1cccc(NCC2=NCCN2C2CC2)c1C.Cl. The van der Waals surface area contributed by atoms with Crippen LogP contribution in [0, 0.1) is 13.8 Å². The second-order valence-corrected chi connectivity index (χ2v) is 5.32. The van der Waals surface area contributed by atoms with Gasteiger partial charge in [-0.15, -0.1) is 12.4 Å². The molecule has 2 aliphatic rings. The van der Waals surface area contributed by atoms with Gasteiger partial charge in [-0.25, -0.2) is 0 Å². The molecule has 104 valence electrons. The Kier molecular flexibility index (Phi) is 4.35. The molecule has 1 fully saturated rings. The highest BCUT2D eigenvalue weighted by Gasteiger charge is 2.32. The van der Waals surface area contributed by atoms with E-state index in [9.17, 15) is 0 Å². The maximum absolute atomic E-state index is 4.63. The second kappa shape index (κ2) is 5.83. The van der Waals surface area contributed by atoms with Crippen molar-refractivity contribution < 1.29 is 0 Å². The molecule has 0 bridgehead atoms. The lowest BCUT2D eigenvalue weighted by Gasteiger charge is -2.21. The molecule has 1 aliphatic heterocycles. The number of benzene rings is 1. The van der Waals surface area contributed by atoms with Gasteiger partial charge in [0.25, 0.3) is 0 Å². The molecule has 0 atom stereocenters. The molecule has 3 nitrogen and oxygen atoms in total. The maximum atomic E-state index is 4.63. The van der Waals surface area contributed by atoms with Crippen LogP contribution in [0.4, 0.5) is 5.69 Å². The van der Waals surface area contributed by atoms with Gasteiger partial charge < -0.3 is 10.2 Å². The van der Waals surface area contributed by atoms with Crippen LogP contribution in [-0.2, 0) is 0 Å². The number of nitrogens with one attached hydrogen (secondary N) is 1. The predicted molar refractivity (Wildman–Crippen MR) is 83.7 cm³/mol. The van der Waals surface area contributed by atoms with Crippen molar-refractivity contribution >= 4 is 23.9 Å². The molecule has 1 heterocycles. The van der Waals surface area contributed by atoms with E-state index >= 15 is 0 Å². The zero-order valence-corrected chi connectivity index (χ0v) is 12.5. The van der Waals surface area contributed by atoms with Gasteiger partial charge in [-0.1, -0.05) is 12.1 Å². The highest BCUT2D eigenvalue weighted by Crippen LogP contribution is 2.28. The number of hydrogen-bond acceptors (Lipinski definition) is 3. The first-order valence-corrected chi connectivity index (χ1v) is 6.86. The first-order chi connectivity index (χ1) is 8.75. The number of anilines is 1. The molecule has 0 amide bonds. The lowest BCUT2D eigenvalue weighted by molar-refractivity contribution is 0.444. The van der Waals surface area contributed by atoms with E-state index in [1.807, 2.05) is 0 Å². The summed E-state index contributed by atoms with van der Waals surface area (Å²) in [6, 6.07) is 7.20. The first-order valence-electron chi connectivity index (χ1n) is 6.86. The van der Waals surface area contributed by atoms with Gasteiger partial charge in [-0.05, 0) is 43.9 Å². The van der Waals surface area contributed by atoms with Crippen LogP contribution in [0.1, 0.15) is 24.0 Å². The number of hydrogen-bond donors (Lipinski definition) is 1. The van der Waals surface area contributed by atoms with Gasteiger partial charge in [0.1, 0.15) is 5.84 Å². The van der Waals surface area contributed by atoms with Crippen LogP contribution in [-0.4, -0.2) is 36.4 Å². The normalized spacial score (nSPS) is 18.0. The van der Waals surface area contributed by atoms with E-state index in [4.69, 9.17) is 0 Å². The average molecular weight is 280 g/mol. The molecular formula is C15H22ClN3. The predicted octanol–water partition coefficient (Wildman–Crippen LogP) is 3.01. The van der Waals surface area contributed by atoms with Gasteiger partial charge in [0.2, 0.25) is 0 Å². The summed E-state index contributed by atoms with van der Waals surface area (Å²) >= 11 is 0. The standard InChI is InChI=1S/C15H21N3.ClH/c1-11-4-3-5-14(12(11)2)17-10-15-16-8-9-18(15)13-6-7-13;/h3-5,13,17H,6-10H2,1-2H3;1H. The van der Waals surface area contributed by atoms with Crippen molar-refractivity contribution in [3.8, 4) is 0 Å². The summed E-state index contributed by atoms with van der Waals surface area (Å²) in [6.07, 6.45) is 2.70. The topological polar surface area (TPSA) is 27.6 Å². The molecular weight excluding hydrogens is 258 g/mol. The van der Waals surface area contributed by atoms with E-state index in [1.165, 1.54) is 35.5 Å². The van der Waals surface area contributed by atoms with Crippen molar-refractivity contribution in [1.29, 1.82) is 0 Å². The Hall–Kier alpha value is -1.22. The number of halogens is 1. The van der Waals surface area contributed by atoms with Gasteiger partial charge in [0.15, 0.2) is 0 Å². The number of nitrogens with zero attached hydrogens (tertiary/aromatic N) is 2. The van der Waals surface area contributed by atoms with Crippen molar-refractivity contribution in [2.24, 2.45) is 4.99 Å². The van der Waals surface area contributed by atoms with Gasteiger partial charge in [0.05, 0.1) is 13.1 Å². The average Bonchev–Trinajstić information content (AvgIpc) is 3.11. The van der Waals surface area contributed by atoms with E-state index < -0.39 is 0 Å². The lowest BCUT2D eigenvalue weighted by atomic mass is 10.1. The quantitative estimate of drug-likeness (QED) is 0.917. The van der Waals surface area contributed by atoms with E-state index in [1.54, 1.807) is 0 Å². The van der Waals surface area contributed by atoms with E-state index in [0.717, 1.165) is 25.7 Å². The second-order valence-electron chi connectivity index (χ2n) is 5.32. The molecule has 0 spiro atoms. The van der Waals surface area contributed by atoms with E-state index in [0.29, 0.717) is 0 Å². The fraction of sp³-hybridized carbons (Fsp3) is 0.533. The maximum Gasteiger partial charge on any atom is 0.119 e. The van der Waals surface area contributed by atoms with Crippen LogP contribution in [0.3, 0.4) is 0 Å². The summed E-state index contributed by atoms with van der Waals surface area (Å²) in [6.45, 7) is 7.28. The summed E-state index contributed by atoms with van der Waals surface area (Å²) in [7, 11) is 0. The summed E-state index contributed by atoms with van der Waals surface area (Å²) in [5.74, 6) is 1.25. The zero-order chi connectivity index (χ0) is 12.5. The Morgan fingerprint density at radius 1 is 1.32 bits per heavy atom. The minimum Gasteiger partial charge on any atom is -0.378 e. The van der Waals surface area contributed by atoms with Crippen molar-refractivity contribution in [3.63, 3.8) is 0 Å². The molecule has 0 aromatic heterocycles. The Morgan fingerprint density at radius 2 is 2.11 bits per heavy atom. The molecule has 4 heteroatoms. The third kappa shape index (κ3) is 3.03. The van der Waals surface area contributed by atoms with Gasteiger partial charge in [0, 0.05) is 18.3 Å². The minimum atomic E-state index is 0. The van der Waals surface area contributed by atoms with Gasteiger partial charge in [-0.3, -0.25) is 4.99 Å². The van der Waals surface area contributed by atoms with Gasteiger partial charge in [-0.2, -0.15) is 0 Å². The molecule has 1 N–H and O–H groups in total. The van der Waals surface area contributed by atoms with Gasteiger partial charge >= 0.3 is 0 Å². The number of amidine groups is 1. The monoisotopic (exact) mass is 279 g/mol. The van der Waals surface area contributed by atoms with Crippen molar-refractivity contribution in [2.45, 2.75) is 32.7 Å². The third-order valence-corrected chi connectivity index (χ3v) is 4.00. The van der Waals surface area contributed by atoms with Crippen LogP contribution in [0.25, 0.3) is 0 Å². The highest BCUT2D eigenvalue weighted by molar-refractivity contribution is 5.88.